The van der Waals surface area contributed by atoms with Crippen molar-refractivity contribution in [2.75, 3.05) is 18.5 Å². The third-order valence-corrected chi connectivity index (χ3v) is 17.0. The van der Waals surface area contributed by atoms with Crippen LogP contribution in [-0.2, 0) is 9.09 Å². The van der Waals surface area contributed by atoms with Crippen molar-refractivity contribution in [1.29, 1.82) is 0 Å². The number of anilines is 1. The zero-order valence-electron chi connectivity index (χ0n) is 55.9. The standard InChI is InChI=1S/C78H122NO4P/c1-63(32-17-34-65(3)36-19-38-67(5)40-21-42-69(7)44-23-46-71(9)48-25-50-73(11)52-27-54-75(13)56-30-62-83-84(80,81)82)31-16-33-64(2)35-18-37-66(4)39-20-41-68(6)43-22-45-70(8)47-24-49-72(10)51-26-53-74(12)55-29-61-79-78-60-28-58-76-57-14-15-59-77(76)78/h14-15,28,32-33,36-37,40-41,44-45,48-49,52-53,57-60,75,79H,16-27,29-31,34-35,38-39,42-43,46-47,50-51,54-56,61-62H2,1-13H3,(H2,80,81,82)/b63-32+,64-33+,65-36+,66-37+,67-40+,68-41+,69-44+,70-45+,71-48+,72-49+,73-52+,74-53+. The molecular formula is C78H122NO4P. The van der Waals surface area contributed by atoms with Crippen LogP contribution in [0.15, 0.2) is 182 Å². The van der Waals surface area contributed by atoms with E-state index in [4.69, 9.17) is 9.79 Å². The van der Waals surface area contributed by atoms with Gasteiger partial charge in [-0.25, -0.2) is 4.57 Å². The molecule has 2 aromatic rings. The van der Waals surface area contributed by atoms with Crippen molar-refractivity contribution in [2.24, 2.45) is 5.92 Å². The molecule has 0 saturated heterocycles. The van der Waals surface area contributed by atoms with Crippen molar-refractivity contribution >= 4 is 24.3 Å². The molecule has 0 spiro atoms. The average molecular weight is 1170 g/mol. The molecule has 0 heterocycles. The van der Waals surface area contributed by atoms with Crippen molar-refractivity contribution in [3.63, 3.8) is 0 Å². The molecule has 3 N–H and O–H groups in total. The largest absolute Gasteiger partial charge is 0.469 e. The van der Waals surface area contributed by atoms with Gasteiger partial charge in [-0.05, 0) is 280 Å². The smallest absolute Gasteiger partial charge is 0.385 e. The van der Waals surface area contributed by atoms with Crippen molar-refractivity contribution in [3.8, 4) is 0 Å². The van der Waals surface area contributed by atoms with E-state index in [0.717, 1.165) is 180 Å². The summed E-state index contributed by atoms with van der Waals surface area (Å²) in [4.78, 5) is 17.6. The number of hydrogen-bond donors (Lipinski definition) is 3. The molecule has 2 rings (SSSR count). The molecule has 84 heavy (non-hydrogen) atoms. The maximum atomic E-state index is 10.8. The molecular weight excluding hydrogens is 1050 g/mol. The van der Waals surface area contributed by atoms with Crippen LogP contribution >= 0.6 is 7.82 Å². The Kier molecular flexibility index (Phi) is 42.0. The number of fused-ring (bicyclic) bond motifs is 1. The van der Waals surface area contributed by atoms with Gasteiger partial charge in [0, 0.05) is 17.6 Å². The Bertz CT molecular complexity index is 2610. The quantitative estimate of drug-likeness (QED) is 0.0350. The third-order valence-electron chi connectivity index (χ3n) is 16.5. The van der Waals surface area contributed by atoms with Gasteiger partial charge in [0.05, 0.1) is 6.61 Å². The van der Waals surface area contributed by atoms with Crippen LogP contribution in [0.25, 0.3) is 10.8 Å². The van der Waals surface area contributed by atoms with Crippen LogP contribution in [0.2, 0.25) is 0 Å². The molecule has 1 atom stereocenters. The molecule has 0 aliphatic rings. The van der Waals surface area contributed by atoms with E-state index in [-0.39, 0.29) is 6.61 Å². The van der Waals surface area contributed by atoms with Gasteiger partial charge >= 0.3 is 7.82 Å². The van der Waals surface area contributed by atoms with E-state index in [1.807, 2.05) is 0 Å². The molecule has 0 amide bonds. The number of hydrogen-bond acceptors (Lipinski definition) is 3. The summed E-state index contributed by atoms with van der Waals surface area (Å²) in [5.74, 6) is 0.515. The molecule has 0 fully saturated rings. The lowest BCUT2D eigenvalue weighted by atomic mass is 9.98. The Hall–Kier alpha value is -4.51. The van der Waals surface area contributed by atoms with Crippen molar-refractivity contribution in [3.05, 3.63) is 182 Å². The first-order valence-electron chi connectivity index (χ1n) is 33.0. The summed E-state index contributed by atoms with van der Waals surface area (Å²) in [5.41, 5.74) is 19.3. The molecule has 5 nitrogen and oxygen atoms in total. The third kappa shape index (κ3) is 42.3. The molecule has 0 bridgehead atoms. The number of nitrogens with one attached hydrogen (secondary N) is 1. The van der Waals surface area contributed by atoms with Crippen LogP contribution in [0.3, 0.4) is 0 Å². The normalized spacial score (nSPS) is 15.0. The summed E-state index contributed by atoms with van der Waals surface area (Å²) in [7, 11) is -4.35. The van der Waals surface area contributed by atoms with E-state index >= 15 is 0 Å². The van der Waals surface area contributed by atoms with Gasteiger partial charge in [-0.15, -0.1) is 0 Å². The van der Waals surface area contributed by atoms with E-state index in [1.54, 1.807) is 0 Å². The molecule has 0 saturated carbocycles. The Morgan fingerprint density at radius 2 is 0.679 bits per heavy atom. The Labute approximate surface area is 516 Å². The highest BCUT2D eigenvalue weighted by Gasteiger charge is 2.13. The van der Waals surface area contributed by atoms with Gasteiger partial charge in [0.2, 0.25) is 0 Å². The second kappa shape index (κ2) is 46.7. The van der Waals surface area contributed by atoms with E-state index in [2.05, 4.69) is 215 Å². The minimum absolute atomic E-state index is 0.117. The zero-order chi connectivity index (χ0) is 61.8. The minimum Gasteiger partial charge on any atom is -0.385 e. The van der Waals surface area contributed by atoms with Crippen LogP contribution in [-0.4, -0.2) is 22.9 Å². The highest BCUT2D eigenvalue weighted by atomic mass is 31.2. The molecule has 0 aromatic heterocycles. The van der Waals surface area contributed by atoms with Gasteiger partial charge in [-0.3, -0.25) is 4.52 Å². The molecule has 1 unspecified atom stereocenters. The highest BCUT2D eigenvalue weighted by molar-refractivity contribution is 7.46. The number of rotatable bonds is 46. The number of allylic oxidation sites excluding steroid dienone is 24. The number of benzene rings is 2. The van der Waals surface area contributed by atoms with Gasteiger partial charge in [-0.2, -0.15) is 0 Å². The van der Waals surface area contributed by atoms with Crippen LogP contribution in [0.1, 0.15) is 270 Å². The summed E-state index contributed by atoms with van der Waals surface area (Å²) in [6.45, 7) is 30.8. The Morgan fingerprint density at radius 3 is 1.00 bits per heavy atom. The average Bonchev–Trinajstić information content (AvgIpc) is 3.52. The second-order valence-electron chi connectivity index (χ2n) is 25.2. The molecule has 6 heteroatoms. The fraction of sp³-hybridized carbons (Fsp3) is 0.564. The lowest BCUT2D eigenvalue weighted by molar-refractivity contribution is 0.190. The van der Waals surface area contributed by atoms with Crippen molar-refractivity contribution < 1.29 is 18.9 Å². The molecule has 468 valence electrons. The fourth-order valence-electron chi connectivity index (χ4n) is 10.6. The summed E-state index contributed by atoms with van der Waals surface area (Å²) < 4.78 is 15.4. The first kappa shape index (κ1) is 75.6. The summed E-state index contributed by atoms with van der Waals surface area (Å²) in [6, 6.07) is 15.1. The Balaban J connectivity index is 1.51. The van der Waals surface area contributed by atoms with Crippen LogP contribution in [0, 0.1) is 5.92 Å². The van der Waals surface area contributed by atoms with E-state index in [0.29, 0.717) is 12.3 Å². The van der Waals surface area contributed by atoms with E-state index in [9.17, 15) is 4.57 Å². The van der Waals surface area contributed by atoms with Gasteiger partial charge in [0.25, 0.3) is 0 Å². The summed E-state index contributed by atoms with van der Waals surface area (Å²) in [5, 5.41) is 6.26. The van der Waals surface area contributed by atoms with Crippen LogP contribution in [0.4, 0.5) is 5.69 Å². The van der Waals surface area contributed by atoms with Crippen molar-refractivity contribution in [2.45, 2.75) is 270 Å². The predicted octanol–water partition coefficient (Wildman–Crippen LogP) is 25.3. The SMILES string of the molecule is C/C(=C\CC/C(C)=C/CC/C(C)=C/CC/C(C)=C/CC/C(C)=C/CC/C(C)=C/CCC(C)CCCOP(=O)(O)O)CC/C=C(\C)CC/C=C(\C)CC/C=C(\C)CC/C=C(\C)CC/C=C(\C)CC/C=C(\C)CCCNc1cccc2ccccc12. The van der Waals surface area contributed by atoms with Gasteiger partial charge < -0.3 is 15.1 Å². The van der Waals surface area contributed by atoms with E-state index in [1.165, 1.54) is 83.3 Å². The summed E-state index contributed by atoms with van der Waals surface area (Å²) >= 11 is 0. The summed E-state index contributed by atoms with van der Waals surface area (Å²) in [6.07, 6.45) is 60.5. The van der Waals surface area contributed by atoms with Crippen LogP contribution < -0.4 is 5.32 Å². The van der Waals surface area contributed by atoms with Gasteiger partial charge in [0.15, 0.2) is 0 Å². The predicted molar refractivity (Wildman–Crippen MR) is 374 cm³/mol. The minimum atomic E-state index is -4.35. The first-order chi connectivity index (χ1) is 40.2. The monoisotopic (exact) mass is 1170 g/mol. The first-order valence-corrected chi connectivity index (χ1v) is 34.5. The fourth-order valence-corrected chi connectivity index (χ4v) is 10.9. The Morgan fingerprint density at radius 1 is 0.393 bits per heavy atom. The van der Waals surface area contributed by atoms with E-state index < -0.39 is 7.82 Å². The van der Waals surface area contributed by atoms with Gasteiger partial charge in [-0.1, -0.05) is 183 Å². The van der Waals surface area contributed by atoms with Crippen LogP contribution in [0.5, 0.6) is 0 Å². The maximum absolute atomic E-state index is 10.8. The second-order valence-corrected chi connectivity index (χ2v) is 26.5. The molecule has 0 aliphatic heterocycles. The molecule has 2 aromatic carbocycles. The maximum Gasteiger partial charge on any atom is 0.469 e. The zero-order valence-corrected chi connectivity index (χ0v) is 56.8. The molecule has 0 radical (unpaired) electrons. The highest BCUT2D eigenvalue weighted by Crippen LogP contribution is 2.36. The molecule has 0 aliphatic carbocycles. The van der Waals surface area contributed by atoms with Crippen molar-refractivity contribution in [1.82, 2.24) is 0 Å². The number of phosphoric acid groups is 1. The lowest BCUT2D eigenvalue weighted by Gasteiger charge is -2.10. The van der Waals surface area contributed by atoms with Gasteiger partial charge in [0.1, 0.15) is 0 Å². The topological polar surface area (TPSA) is 78.8 Å². The lowest BCUT2D eigenvalue weighted by Crippen LogP contribution is -2.02. The number of phosphoric ester groups is 1.